The average molecular weight is 598 g/mol. The molecule has 0 aliphatic carbocycles. The van der Waals surface area contributed by atoms with Crippen LogP contribution in [0.15, 0.2) is 102 Å². The summed E-state index contributed by atoms with van der Waals surface area (Å²) >= 11 is 0. The molecule has 0 saturated carbocycles. The van der Waals surface area contributed by atoms with Gasteiger partial charge in [0, 0.05) is 20.0 Å². The van der Waals surface area contributed by atoms with E-state index in [1.54, 1.807) is 37.4 Å². The van der Waals surface area contributed by atoms with Crippen LogP contribution in [0.25, 0.3) is 0 Å². The fourth-order valence-corrected chi connectivity index (χ4v) is 6.64. The van der Waals surface area contributed by atoms with Gasteiger partial charge >= 0.3 is 0 Å². The molecule has 0 spiro atoms. The Balaban J connectivity index is 1.81. The minimum Gasteiger partial charge on any atom is -0.357 e. The Morgan fingerprint density at radius 3 is 2.00 bits per heavy atom. The summed E-state index contributed by atoms with van der Waals surface area (Å²) in [6, 6.07) is 28.4. The first-order chi connectivity index (χ1) is 20.5. The van der Waals surface area contributed by atoms with E-state index in [4.69, 9.17) is 0 Å². The van der Waals surface area contributed by atoms with Crippen molar-refractivity contribution in [1.29, 1.82) is 0 Å². The molecule has 43 heavy (non-hydrogen) atoms. The maximum Gasteiger partial charge on any atom is 0.264 e. The fourth-order valence-electron chi connectivity index (χ4n) is 5.16. The van der Waals surface area contributed by atoms with Gasteiger partial charge in [0.25, 0.3) is 10.0 Å². The van der Waals surface area contributed by atoms with Crippen LogP contribution >= 0.6 is 0 Å². The highest BCUT2D eigenvalue weighted by Gasteiger charge is 2.34. The SMILES string of the molecule is CNC(=O)[C@@H](Cc1ccccc1)N(Cc1cccc(C)c1)C(=O)CN(c1ccc(C)cc1C)S(=O)(=O)c1ccc(C)cc1. The van der Waals surface area contributed by atoms with E-state index in [1.807, 2.05) is 94.4 Å². The normalized spacial score (nSPS) is 11.9. The van der Waals surface area contributed by atoms with Crippen LogP contribution in [0, 0.1) is 27.7 Å². The minimum absolute atomic E-state index is 0.0863. The number of carbonyl (C=O) groups excluding carboxylic acids is 2. The van der Waals surface area contributed by atoms with E-state index in [0.29, 0.717) is 5.69 Å². The number of hydrogen-bond acceptors (Lipinski definition) is 4. The molecule has 0 fully saturated rings. The second-order valence-corrected chi connectivity index (χ2v) is 12.8. The van der Waals surface area contributed by atoms with Crippen molar-refractivity contribution in [1.82, 2.24) is 10.2 Å². The largest absolute Gasteiger partial charge is 0.357 e. The summed E-state index contributed by atoms with van der Waals surface area (Å²) in [6.45, 7) is 7.27. The third-order valence-electron chi connectivity index (χ3n) is 7.46. The third-order valence-corrected chi connectivity index (χ3v) is 9.24. The summed E-state index contributed by atoms with van der Waals surface area (Å²) in [5.41, 5.74) is 5.78. The topological polar surface area (TPSA) is 86.8 Å². The third kappa shape index (κ3) is 7.70. The Kier molecular flexibility index (Phi) is 10.0. The zero-order chi connectivity index (χ0) is 31.1. The monoisotopic (exact) mass is 597 g/mol. The van der Waals surface area contributed by atoms with Crippen molar-refractivity contribution in [2.45, 2.75) is 51.6 Å². The number of benzene rings is 4. The van der Waals surface area contributed by atoms with Crippen LogP contribution in [0.1, 0.15) is 33.4 Å². The molecule has 224 valence electrons. The van der Waals surface area contributed by atoms with Crippen molar-refractivity contribution in [2.24, 2.45) is 0 Å². The number of likely N-dealkylation sites (N-methyl/N-ethyl adjacent to an activating group) is 1. The lowest BCUT2D eigenvalue weighted by molar-refractivity contribution is -0.139. The van der Waals surface area contributed by atoms with E-state index in [2.05, 4.69) is 5.32 Å². The molecule has 4 rings (SSSR count). The van der Waals surface area contributed by atoms with E-state index < -0.39 is 28.5 Å². The lowest BCUT2D eigenvalue weighted by atomic mass is 10.0. The number of hydrogen-bond donors (Lipinski definition) is 1. The van der Waals surface area contributed by atoms with Crippen LogP contribution in [0.5, 0.6) is 0 Å². The first kappa shape index (κ1) is 31.5. The van der Waals surface area contributed by atoms with Gasteiger partial charge in [-0.25, -0.2) is 8.42 Å². The second-order valence-electron chi connectivity index (χ2n) is 10.9. The Labute approximate surface area is 255 Å². The van der Waals surface area contributed by atoms with Gasteiger partial charge in [-0.3, -0.25) is 13.9 Å². The van der Waals surface area contributed by atoms with Crippen LogP contribution in [-0.4, -0.2) is 44.8 Å². The average Bonchev–Trinajstić information content (AvgIpc) is 2.98. The minimum atomic E-state index is -4.14. The predicted octanol–water partition coefficient (Wildman–Crippen LogP) is 5.50. The summed E-state index contributed by atoms with van der Waals surface area (Å²) < 4.78 is 29.5. The summed E-state index contributed by atoms with van der Waals surface area (Å²) in [7, 11) is -2.60. The number of anilines is 1. The summed E-state index contributed by atoms with van der Waals surface area (Å²) in [5, 5.41) is 2.71. The number of amides is 2. The molecule has 0 saturated heterocycles. The molecular formula is C35H39N3O4S. The molecule has 0 aliphatic heterocycles. The number of sulfonamides is 1. The highest BCUT2D eigenvalue weighted by Crippen LogP contribution is 2.29. The highest BCUT2D eigenvalue weighted by molar-refractivity contribution is 7.92. The fraction of sp³-hybridized carbons (Fsp3) is 0.257. The molecule has 4 aromatic rings. The van der Waals surface area contributed by atoms with E-state index in [0.717, 1.165) is 33.4 Å². The molecule has 7 nitrogen and oxygen atoms in total. The Morgan fingerprint density at radius 1 is 0.744 bits per heavy atom. The number of aryl methyl sites for hydroxylation is 4. The van der Waals surface area contributed by atoms with Gasteiger partial charge < -0.3 is 10.2 Å². The standard InChI is InChI=1S/C35H39N3O4S/c1-25-14-17-31(18-15-25)43(41,42)38(32-19-16-27(3)20-28(32)4)24-34(39)37(23-30-13-9-10-26(2)21-30)33(35(40)36-5)22-29-11-7-6-8-12-29/h6-21,33H,22-24H2,1-5H3,(H,36,40)/t33-/m1/s1. The van der Waals surface area contributed by atoms with Gasteiger partial charge in [-0.2, -0.15) is 0 Å². The molecule has 0 aromatic heterocycles. The molecule has 4 aromatic carbocycles. The zero-order valence-corrected chi connectivity index (χ0v) is 26.2. The highest BCUT2D eigenvalue weighted by atomic mass is 32.2. The number of nitrogens with one attached hydrogen (secondary N) is 1. The van der Waals surface area contributed by atoms with E-state index >= 15 is 0 Å². The van der Waals surface area contributed by atoms with Gasteiger partial charge in [-0.1, -0.05) is 95.6 Å². The molecular weight excluding hydrogens is 558 g/mol. The van der Waals surface area contributed by atoms with E-state index in [-0.39, 0.29) is 23.8 Å². The molecule has 0 bridgehead atoms. The molecule has 8 heteroatoms. The van der Waals surface area contributed by atoms with Gasteiger partial charge in [-0.15, -0.1) is 0 Å². The maximum atomic E-state index is 14.4. The molecule has 2 amide bonds. The van der Waals surface area contributed by atoms with Gasteiger partial charge in [0.15, 0.2) is 0 Å². The second kappa shape index (κ2) is 13.7. The summed E-state index contributed by atoms with van der Waals surface area (Å²) in [5.74, 6) is -0.814. The molecule has 0 radical (unpaired) electrons. The number of rotatable bonds is 11. The van der Waals surface area contributed by atoms with Gasteiger partial charge in [0.1, 0.15) is 12.6 Å². The van der Waals surface area contributed by atoms with Crippen LogP contribution < -0.4 is 9.62 Å². The smallest absolute Gasteiger partial charge is 0.264 e. The van der Waals surface area contributed by atoms with Crippen molar-refractivity contribution >= 4 is 27.5 Å². The summed E-state index contributed by atoms with van der Waals surface area (Å²) in [4.78, 5) is 29.4. The van der Waals surface area contributed by atoms with Crippen molar-refractivity contribution in [3.63, 3.8) is 0 Å². The zero-order valence-electron chi connectivity index (χ0n) is 25.4. The van der Waals surface area contributed by atoms with Crippen molar-refractivity contribution in [2.75, 3.05) is 17.9 Å². The van der Waals surface area contributed by atoms with Crippen LogP contribution in [0.4, 0.5) is 5.69 Å². The van der Waals surface area contributed by atoms with Crippen LogP contribution in [-0.2, 0) is 32.6 Å². The van der Waals surface area contributed by atoms with Crippen molar-refractivity contribution in [3.05, 3.63) is 130 Å². The first-order valence-electron chi connectivity index (χ1n) is 14.3. The summed E-state index contributed by atoms with van der Waals surface area (Å²) in [6.07, 6.45) is 0.270. The van der Waals surface area contributed by atoms with Gasteiger partial charge in [0.05, 0.1) is 10.6 Å². The van der Waals surface area contributed by atoms with Crippen LogP contribution in [0.2, 0.25) is 0 Å². The van der Waals surface area contributed by atoms with Crippen LogP contribution in [0.3, 0.4) is 0 Å². The Bertz CT molecular complexity index is 1690. The number of nitrogens with zero attached hydrogens (tertiary/aromatic N) is 2. The lowest BCUT2D eigenvalue weighted by Gasteiger charge is -2.34. The molecule has 0 heterocycles. The maximum absolute atomic E-state index is 14.4. The molecule has 0 aliphatic rings. The molecule has 1 N–H and O–H groups in total. The predicted molar refractivity (Wildman–Crippen MR) is 171 cm³/mol. The quantitative estimate of drug-likeness (QED) is 0.247. The Hall–Kier alpha value is -4.43. The Morgan fingerprint density at radius 2 is 1.37 bits per heavy atom. The first-order valence-corrected chi connectivity index (χ1v) is 15.7. The van der Waals surface area contributed by atoms with E-state index in [9.17, 15) is 18.0 Å². The van der Waals surface area contributed by atoms with Crippen molar-refractivity contribution < 1.29 is 18.0 Å². The lowest BCUT2D eigenvalue weighted by Crippen LogP contribution is -2.53. The number of carbonyl (C=O) groups is 2. The molecule has 0 unspecified atom stereocenters. The van der Waals surface area contributed by atoms with Gasteiger partial charge in [0.2, 0.25) is 11.8 Å². The van der Waals surface area contributed by atoms with Gasteiger partial charge in [-0.05, 0) is 62.6 Å². The van der Waals surface area contributed by atoms with Crippen molar-refractivity contribution in [3.8, 4) is 0 Å². The van der Waals surface area contributed by atoms with E-state index in [1.165, 1.54) is 9.21 Å². The molecule has 1 atom stereocenters.